The summed E-state index contributed by atoms with van der Waals surface area (Å²) in [4.78, 5) is 15.0. The Morgan fingerprint density at radius 1 is 0.233 bits per heavy atom. The molecule has 0 spiro atoms. The molecule has 9 aromatic heterocycles. The fourth-order valence-corrected chi connectivity index (χ4v) is 15.1. The second-order valence-electron chi connectivity index (χ2n) is 22.7. The van der Waals surface area contributed by atoms with Gasteiger partial charge >= 0.3 is 0 Å². The highest BCUT2D eigenvalue weighted by atomic mass is 15.1. The molecule has 20 aromatic rings. The van der Waals surface area contributed by atoms with E-state index in [-0.39, 0.29) is 0 Å². The molecule has 0 radical (unpaired) electrons. The molecular weight excluding hydrogens is 1050 g/mol. The maximum absolute atomic E-state index is 5.08. The molecule has 9 heteroatoms. The van der Waals surface area contributed by atoms with Crippen molar-refractivity contribution in [3.8, 4) is 33.9 Å². The lowest BCUT2D eigenvalue weighted by atomic mass is 9.97. The number of aromatic nitrogens is 9. The first-order valence-electron chi connectivity index (χ1n) is 29.3. The summed E-state index contributed by atoms with van der Waals surface area (Å²) in [7, 11) is 0. The molecule has 0 saturated carbocycles. The molecule has 20 rings (SSSR count). The number of pyridine rings is 3. The first kappa shape index (κ1) is 45.8. The van der Waals surface area contributed by atoms with E-state index >= 15 is 0 Å². The highest BCUT2D eigenvalue weighted by Gasteiger charge is 2.29. The predicted molar refractivity (Wildman–Crippen MR) is 355 cm³/mol. The van der Waals surface area contributed by atoms with Crippen LogP contribution in [0.5, 0.6) is 0 Å². The Hall–Kier alpha value is -11.8. The van der Waals surface area contributed by atoms with Gasteiger partial charge in [0, 0.05) is 118 Å². The van der Waals surface area contributed by atoms with Crippen molar-refractivity contribution in [2.75, 3.05) is 0 Å². The Morgan fingerprint density at radius 3 is 1.31 bits per heavy atom. The van der Waals surface area contributed by atoms with Gasteiger partial charge in [-0.3, -0.25) is 13.8 Å². The summed E-state index contributed by atoms with van der Waals surface area (Å²) in [5.41, 5.74) is 20.7. The van der Waals surface area contributed by atoms with Gasteiger partial charge in [-0.2, -0.15) is 0 Å². The van der Waals surface area contributed by atoms with Crippen LogP contribution >= 0.6 is 0 Å². The van der Waals surface area contributed by atoms with Crippen LogP contribution in [0.25, 0.3) is 176 Å². The fourth-order valence-electron chi connectivity index (χ4n) is 15.1. The van der Waals surface area contributed by atoms with E-state index in [1.807, 2.05) is 24.7 Å². The van der Waals surface area contributed by atoms with E-state index < -0.39 is 0 Å². The maximum atomic E-state index is 5.08. The third kappa shape index (κ3) is 5.89. The Balaban J connectivity index is 0.923. The topological polar surface area (TPSA) is 67.2 Å². The van der Waals surface area contributed by atoms with Crippen molar-refractivity contribution in [3.63, 3.8) is 0 Å². The molecular formula is C77H45N9. The van der Waals surface area contributed by atoms with Crippen molar-refractivity contribution in [1.82, 2.24) is 42.0 Å². The number of para-hydroxylation sites is 5. The second-order valence-corrected chi connectivity index (χ2v) is 22.7. The summed E-state index contributed by atoms with van der Waals surface area (Å²) in [5, 5.41) is 15.0. The summed E-state index contributed by atoms with van der Waals surface area (Å²) in [6.45, 7) is 0. The van der Waals surface area contributed by atoms with Gasteiger partial charge in [0.1, 0.15) is 11.3 Å². The molecule has 0 unspecified atom stereocenters. The molecule has 0 bridgehead atoms. The zero-order chi connectivity index (χ0) is 55.9. The van der Waals surface area contributed by atoms with Crippen LogP contribution in [0.3, 0.4) is 0 Å². The number of nitrogens with zero attached hydrogens (tertiary/aromatic N) is 9. The van der Waals surface area contributed by atoms with Gasteiger partial charge in [-0.15, -0.1) is 0 Å². The minimum atomic E-state index is 0.887. The highest BCUT2D eigenvalue weighted by molar-refractivity contribution is 6.40. The molecule has 0 N–H and O–H groups in total. The molecule has 9 nitrogen and oxygen atoms in total. The van der Waals surface area contributed by atoms with Gasteiger partial charge in [-0.1, -0.05) is 158 Å². The SMILES string of the molecule is c1ccc(-n2c3cc(-c4ccc5c6ccc7c8ccc9c%10ncccc%10c%10nccn%10c9c8n(-c8ccccc8)c7c6n(-c6ccccc6)c5c4)ccc3c3c4c5ccccc5n(-c5ccccc5)c4c4c(c5ccccc5c5nccn54)c32)cc1. The number of imidazole rings is 2. The third-order valence-electron chi connectivity index (χ3n) is 18.5. The molecule has 0 aliphatic rings. The van der Waals surface area contributed by atoms with E-state index in [1.54, 1.807) is 0 Å². The number of rotatable bonds is 5. The smallest absolute Gasteiger partial charge is 0.146 e. The van der Waals surface area contributed by atoms with E-state index in [2.05, 4.69) is 276 Å². The van der Waals surface area contributed by atoms with Crippen LogP contribution < -0.4 is 0 Å². The number of fused-ring (bicyclic) bond motifs is 29. The largest absolute Gasteiger partial charge is 0.308 e. The molecule has 0 saturated heterocycles. The summed E-state index contributed by atoms with van der Waals surface area (Å²) in [6, 6.07) is 89.0. The molecule has 0 aliphatic carbocycles. The lowest BCUT2D eigenvalue weighted by molar-refractivity contribution is 1.15. The average Bonchev–Trinajstić information content (AvgIpc) is 1.56. The van der Waals surface area contributed by atoms with Crippen molar-refractivity contribution in [1.29, 1.82) is 0 Å². The molecule has 11 aromatic carbocycles. The zero-order valence-corrected chi connectivity index (χ0v) is 46.0. The van der Waals surface area contributed by atoms with Crippen molar-refractivity contribution in [2.24, 2.45) is 0 Å². The van der Waals surface area contributed by atoms with Crippen molar-refractivity contribution < 1.29 is 0 Å². The standard InChI is InChI=1S/C77H45N9/c1-5-18-48(19-6-1)83-62-30-16-15-28-58(62)66-65-59-34-32-47(45-64(59)85(50-22-9-3-10-23-50)73(65)67-53-26-13-14-27-57(53)76-79-41-43-82(76)74(67)75(66)83)46-31-33-52-54-35-36-56-55-37-38-60-68-61(29-17-39-78-68)77-80-40-42-81(77)69(60)70(55)86(51-24-11-4-12-25-51)72(56)71(54)84(63(52)44-46)49-20-7-2-8-21-49/h1-45H. The Bertz CT molecular complexity index is 6300. The van der Waals surface area contributed by atoms with E-state index in [1.165, 1.54) is 43.1 Å². The van der Waals surface area contributed by atoms with Gasteiger partial charge in [-0.05, 0) is 101 Å². The monoisotopic (exact) mass is 1100 g/mol. The van der Waals surface area contributed by atoms with Crippen LogP contribution in [0, 0.1) is 0 Å². The van der Waals surface area contributed by atoms with Crippen LogP contribution in [-0.4, -0.2) is 42.0 Å². The first-order chi connectivity index (χ1) is 42.7. The number of benzene rings is 11. The maximum Gasteiger partial charge on any atom is 0.146 e. The zero-order valence-electron chi connectivity index (χ0n) is 46.0. The molecule has 0 atom stereocenters. The number of hydrogen-bond acceptors (Lipinski definition) is 3. The van der Waals surface area contributed by atoms with Gasteiger partial charge in [0.15, 0.2) is 0 Å². The molecule has 9 heterocycles. The lowest BCUT2D eigenvalue weighted by Crippen LogP contribution is -2.00. The Kier molecular flexibility index (Phi) is 9.00. The molecule has 86 heavy (non-hydrogen) atoms. The summed E-state index contributed by atoms with van der Waals surface area (Å²) in [5.74, 6) is 0. The molecule has 0 fully saturated rings. The second kappa shape index (κ2) is 16.9. The van der Waals surface area contributed by atoms with E-state index in [4.69, 9.17) is 15.0 Å². The summed E-state index contributed by atoms with van der Waals surface area (Å²) in [6.07, 6.45) is 9.99. The average molecular weight is 1100 g/mol. The number of hydrogen-bond donors (Lipinski definition) is 0. The van der Waals surface area contributed by atoms with E-state index in [0.717, 1.165) is 133 Å². The van der Waals surface area contributed by atoms with E-state index in [0.29, 0.717) is 0 Å². The van der Waals surface area contributed by atoms with Gasteiger partial charge < -0.3 is 18.3 Å². The van der Waals surface area contributed by atoms with Crippen LogP contribution in [0.2, 0.25) is 0 Å². The molecule has 398 valence electrons. The van der Waals surface area contributed by atoms with Crippen molar-refractivity contribution >= 4 is 142 Å². The normalized spacial score (nSPS) is 12.4. The third-order valence-corrected chi connectivity index (χ3v) is 18.5. The first-order valence-corrected chi connectivity index (χ1v) is 29.3. The lowest BCUT2D eigenvalue weighted by Gasteiger charge is -2.16. The molecule has 0 aliphatic heterocycles. The van der Waals surface area contributed by atoms with Crippen LogP contribution in [0.1, 0.15) is 0 Å². The minimum Gasteiger partial charge on any atom is -0.308 e. The van der Waals surface area contributed by atoms with Gasteiger partial charge in [0.05, 0.1) is 60.7 Å². The predicted octanol–water partition coefficient (Wildman–Crippen LogP) is 19.0. The minimum absolute atomic E-state index is 0.887. The Labute approximate surface area is 488 Å². The Morgan fingerprint density at radius 2 is 0.663 bits per heavy atom. The highest BCUT2D eigenvalue weighted by Crippen LogP contribution is 2.51. The van der Waals surface area contributed by atoms with Crippen LogP contribution in [0.4, 0.5) is 0 Å². The van der Waals surface area contributed by atoms with Crippen LogP contribution in [-0.2, 0) is 0 Å². The van der Waals surface area contributed by atoms with E-state index in [9.17, 15) is 0 Å². The van der Waals surface area contributed by atoms with Crippen molar-refractivity contribution in [2.45, 2.75) is 0 Å². The quantitative estimate of drug-likeness (QED) is 0.161. The van der Waals surface area contributed by atoms with Gasteiger partial charge in [0.25, 0.3) is 0 Å². The molecule has 0 amide bonds. The van der Waals surface area contributed by atoms with Crippen LogP contribution in [0.15, 0.2) is 274 Å². The summed E-state index contributed by atoms with van der Waals surface area (Å²) < 4.78 is 14.6. The van der Waals surface area contributed by atoms with Crippen molar-refractivity contribution in [3.05, 3.63) is 274 Å². The summed E-state index contributed by atoms with van der Waals surface area (Å²) >= 11 is 0. The van der Waals surface area contributed by atoms with Gasteiger partial charge in [0.2, 0.25) is 0 Å². The van der Waals surface area contributed by atoms with Gasteiger partial charge in [-0.25, -0.2) is 9.97 Å². The fraction of sp³-hybridized carbons (Fsp3) is 0.